The number of rotatable bonds is 4. The molecule has 1 fully saturated rings. The van der Waals surface area contributed by atoms with Gasteiger partial charge >= 0.3 is 5.97 Å². The Labute approximate surface area is 176 Å². The number of alkyl halides is 1. The van der Waals surface area contributed by atoms with Gasteiger partial charge in [0.2, 0.25) is 5.50 Å². The number of halogens is 1. The maximum atomic E-state index is 12.9. The van der Waals surface area contributed by atoms with E-state index in [0.717, 1.165) is 21.6 Å². The number of fused-ring (bicyclic) bond motifs is 1. The molecule has 2 aliphatic heterocycles. The van der Waals surface area contributed by atoms with Crippen LogP contribution in [0.2, 0.25) is 0 Å². The van der Waals surface area contributed by atoms with E-state index < -0.39 is 46.2 Å². The maximum absolute atomic E-state index is 12.9. The second-order valence-corrected chi connectivity index (χ2v) is 9.29. The van der Waals surface area contributed by atoms with Crippen LogP contribution in [0.1, 0.15) is 48.4 Å². The van der Waals surface area contributed by atoms with Crippen LogP contribution >= 0.6 is 23.4 Å². The Morgan fingerprint density at radius 2 is 1.62 bits per heavy atom. The van der Waals surface area contributed by atoms with Crippen molar-refractivity contribution < 1.29 is 28.7 Å². The first-order chi connectivity index (χ1) is 13.4. The summed E-state index contributed by atoms with van der Waals surface area (Å²) < 4.78 is 5.21. The van der Waals surface area contributed by atoms with Crippen molar-refractivity contribution in [2.24, 2.45) is 0 Å². The first-order valence-corrected chi connectivity index (χ1v) is 10.1. The lowest BCUT2D eigenvalue weighted by molar-refractivity contribution is -0.168. The quantitative estimate of drug-likeness (QED) is 0.233. The van der Waals surface area contributed by atoms with E-state index in [0.29, 0.717) is 0 Å². The smallest absolute Gasteiger partial charge is 0.345 e. The van der Waals surface area contributed by atoms with Gasteiger partial charge in [0.25, 0.3) is 17.7 Å². The van der Waals surface area contributed by atoms with Crippen molar-refractivity contribution >= 4 is 52.2 Å². The lowest BCUT2D eigenvalue weighted by Gasteiger charge is -2.49. The molecular weight excluding hydrogens is 420 g/mol. The fourth-order valence-corrected chi connectivity index (χ4v) is 4.54. The van der Waals surface area contributed by atoms with Crippen molar-refractivity contribution in [3.8, 4) is 0 Å². The van der Waals surface area contributed by atoms with E-state index in [9.17, 15) is 24.0 Å². The fourth-order valence-electron chi connectivity index (χ4n) is 3.16. The Bertz CT molecular complexity index is 893. The summed E-state index contributed by atoms with van der Waals surface area (Å²) in [6, 6.07) is 4.98. The van der Waals surface area contributed by atoms with Gasteiger partial charge in [-0.1, -0.05) is 35.5 Å². The third kappa shape index (κ3) is 3.76. The van der Waals surface area contributed by atoms with Crippen molar-refractivity contribution in [3.05, 3.63) is 35.4 Å². The van der Waals surface area contributed by atoms with Crippen LogP contribution in [-0.4, -0.2) is 61.1 Å². The molecule has 1 saturated heterocycles. The number of carbonyl (C=O) groups is 5. The molecule has 0 aromatic heterocycles. The zero-order chi connectivity index (χ0) is 21.7. The average molecular weight is 439 g/mol. The topological polar surface area (TPSA) is 101 Å². The number of β-lactam (4-membered cyclic amide) rings is 1. The minimum atomic E-state index is -1.50. The molecule has 0 saturated carbocycles. The molecule has 29 heavy (non-hydrogen) atoms. The largest absolute Gasteiger partial charge is 0.458 e. The Hall–Kier alpha value is -2.39. The minimum absolute atomic E-state index is 0.185. The van der Waals surface area contributed by atoms with Gasteiger partial charge < -0.3 is 4.74 Å². The number of imide groups is 1. The van der Waals surface area contributed by atoms with Gasteiger partial charge in [0.05, 0.1) is 11.1 Å². The zero-order valence-electron chi connectivity index (χ0n) is 16.2. The van der Waals surface area contributed by atoms with Crippen molar-refractivity contribution in [2.75, 3.05) is 0 Å². The Balaban J connectivity index is 1.89. The molecule has 0 aliphatic carbocycles. The van der Waals surface area contributed by atoms with Crippen molar-refractivity contribution in [1.82, 2.24) is 9.80 Å². The third-order valence-corrected chi connectivity index (χ3v) is 5.73. The first-order valence-electron chi connectivity index (χ1n) is 8.77. The summed E-state index contributed by atoms with van der Waals surface area (Å²) in [4.78, 5) is 64.2. The van der Waals surface area contributed by atoms with Gasteiger partial charge in [0.1, 0.15) is 17.0 Å². The van der Waals surface area contributed by atoms with E-state index in [2.05, 4.69) is 0 Å². The summed E-state index contributed by atoms with van der Waals surface area (Å²) in [6.45, 7) is 6.23. The average Bonchev–Trinajstić information content (AvgIpc) is 2.85. The fraction of sp³-hybridized carbons (Fsp3) is 0.421. The third-order valence-electron chi connectivity index (χ3n) is 4.29. The highest BCUT2D eigenvalue weighted by molar-refractivity contribution is 8.14. The maximum Gasteiger partial charge on any atom is 0.345 e. The van der Waals surface area contributed by atoms with Crippen molar-refractivity contribution in [2.45, 2.75) is 50.2 Å². The molecule has 0 bridgehead atoms. The number of nitrogens with zero attached hydrogens (tertiary/aromatic N) is 2. The van der Waals surface area contributed by atoms with E-state index in [-0.39, 0.29) is 16.2 Å². The molecule has 2 aliphatic rings. The van der Waals surface area contributed by atoms with Gasteiger partial charge in [0.15, 0.2) is 5.12 Å². The highest BCUT2D eigenvalue weighted by Crippen LogP contribution is 2.40. The van der Waals surface area contributed by atoms with Gasteiger partial charge in [-0.15, -0.1) is 0 Å². The SMILES string of the molecule is CC(=O)S[C@@H]1[C@H](N2C(=O)c3ccccc3C2=O)C(=O)N1C(Cl)C(=O)OC(C)(C)C. The van der Waals surface area contributed by atoms with E-state index in [4.69, 9.17) is 16.3 Å². The number of thioether (sulfide) groups is 1. The van der Waals surface area contributed by atoms with Crippen LogP contribution in [0.25, 0.3) is 0 Å². The molecule has 2 heterocycles. The van der Waals surface area contributed by atoms with Crippen molar-refractivity contribution in [1.29, 1.82) is 0 Å². The molecule has 1 aromatic carbocycles. The Morgan fingerprint density at radius 3 is 2.07 bits per heavy atom. The number of esters is 1. The summed E-state index contributed by atoms with van der Waals surface area (Å²) in [5.41, 5.74) is -1.96. The molecule has 3 amide bonds. The number of amides is 3. The summed E-state index contributed by atoms with van der Waals surface area (Å²) >= 11 is 6.89. The molecule has 0 spiro atoms. The van der Waals surface area contributed by atoms with Gasteiger partial charge in [-0.05, 0) is 32.9 Å². The number of likely N-dealkylation sites (tertiary alicyclic amines) is 1. The van der Waals surface area contributed by atoms with E-state index in [1.165, 1.54) is 19.1 Å². The molecule has 8 nitrogen and oxygen atoms in total. The molecule has 3 rings (SSSR count). The first kappa shape index (κ1) is 21.3. The number of ether oxygens (including phenoxy) is 1. The predicted octanol–water partition coefficient (Wildman–Crippen LogP) is 2.01. The molecule has 154 valence electrons. The molecule has 1 aromatic rings. The molecule has 10 heteroatoms. The summed E-state index contributed by atoms with van der Waals surface area (Å²) in [5.74, 6) is -2.81. The van der Waals surface area contributed by atoms with E-state index in [1.807, 2.05) is 0 Å². The second-order valence-electron chi connectivity index (χ2n) is 7.59. The van der Waals surface area contributed by atoms with E-state index >= 15 is 0 Å². The molecule has 3 atom stereocenters. The van der Waals surface area contributed by atoms with Crippen LogP contribution < -0.4 is 0 Å². The highest BCUT2D eigenvalue weighted by Gasteiger charge is 2.60. The van der Waals surface area contributed by atoms with E-state index in [1.54, 1.807) is 32.9 Å². The standard InChI is InChI=1S/C19H19ClN2O6S/c1-9(23)29-17-12(16(26)22(17)13(20)18(27)28-19(2,3)4)21-14(24)10-7-5-6-8-11(10)15(21)25/h5-8,12-13,17H,1-4H3/t12-,13?,17-/m1/s1. The lowest BCUT2D eigenvalue weighted by Crippen LogP contribution is -2.73. The zero-order valence-corrected chi connectivity index (χ0v) is 17.7. The van der Waals surface area contributed by atoms with Gasteiger partial charge in [0, 0.05) is 6.92 Å². The summed E-state index contributed by atoms with van der Waals surface area (Å²) in [6.07, 6.45) is 0. The normalized spacial score (nSPS) is 22.3. The Morgan fingerprint density at radius 1 is 1.10 bits per heavy atom. The highest BCUT2D eigenvalue weighted by atomic mass is 35.5. The summed E-state index contributed by atoms with van der Waals surface area (Å²) in [7, 11) is 0. The van der Waals surface area contributed by atoms with Crippen LogP contribution in [0.3, 0.4) is 0 Å². The van der Waals surface area contributed by atoms with Crippen LogP contribution in [-0.2, 0) is 19.1 Å². The number of hydrogen-bond donors (Lipinski definition) is 0. The van der Waals surface area contributed by atoms with Crippen LogP contribution in [0, 0.1) is 0 Å². The lowest BCUT2D eigenvalue weighted by atomic mass is 10.1. The van der Waals surface area contributed by atoms with Crippen molar-refractivity contribution in [3.63, 3.8) is 0 Å². The molecular formula is C19H19ClN2O6S. The predicted molar refractivity (Wildman–Crippen MR) is 105 cm³/mol. The van der Waals surface area contributed by atoms with Crippen LogP contribution in [0.4, 0.5) is 0 Å². The molecule has 0 radical (unpaired) electrons. The van der Waals surface area contributed by atoms with Gasteiger partial charge in [-0.2, -0.15) is 0 Å². The Kier molecular flexibility index (Phi) is 5.48. The molecule has 0 N–H and O–H groups in total. The number of hydrogen-bond acceptors (Lipinski definition) is 7. The van der Waals surface area contributed by atoms with Crippen LogP contribution in [0.5, 0.6) is 0 Å². The van der Waals surface area contributed by atoms with Gasteiger partial charge in [-0.3, -0.25) is 29.0 Å². The monoisotopic (exact) mass is 438 g/mol. The minimum Gasteiger partial charge on any atom is -0.458 e. The summed E-state index contributed by atoms with van der Waals surface area (Å²) in [5, 5.41) is -1.35. The van der Waals surface area contributed by atoms with Gasteiger partial charge in [-0.25, -0.2) is 4.79 Å². The second kappa shape index (κ2) is 7.46. The molecule has 1 unspecified atom stereocenters. The van der Waals surface area contributed by atoms with Crippen LogP contribution in [0.15, 0.2) is 24.3 Å². The number of carbonyl (C=O) groups excluding carboxylic acids is 5. The number of benzene rings is 1.